The monoisotopic (exact) mass is 346 g/mol. The van der Waals surface area contributed by atoms with E-state index in [1.54, 1.807) is 28.0 Å². The molecule has 0 radical (unpaired) electrons. The molecule has 120 valence electrons. The van der Waals surface area contributed by atoms with Crippen LogP contribution in [0.25, 0.3) is 0 Å². The van der Waals surface area contributed by atoms with Crippen molar-refractivity contribution in [3.8, 4) is 0 Å². The number of primary amides is 1. The Balaban J connectivity index is 1.72. The summed E-state index contributed by atoms with van der Waals surface area (Å²) in [5.74, 6) is 0.305. The third-order valence-electron chi connectivity index (χ3n) is 3.95. The minimum atomic E-state index is -0.319. The van der Waals surface area contributed by atoms with Crippen LogP contribution in [0.3, 0.4) is 0 Å². The SMILES string of the molecule is NC(=O)[C@H]1CCN(C(=O)c2ccccc2SCc2cccs2)C1. The fourth-order valence-electron chi connectivity index (χ4n) is 2.66. The third kappa shape index (κ3) is 3.76. The summed E-state index contributed by atoms with van der Waals surface area (Å²) in [6, 6.07) is 11.8. The summed E-state index contributed by atoms with van der Waals surface area (Å²) in [6.45, 7) is 1.02. The first-order chi connectivity index (χ1) is 11.1. The van der Waals surface area contributed by atoms with E-state index in [1.165, 1.54) is 4.88 Å². The molecule has 0 bridgehead atoms. The quantitative estimate of drug-likeness (QED) is 0.847. The van der Waals surface area contributed by atoms with Crippen LogP contribution in [0.5, 0.6) is 0 Å². The molecule has 3 rings (SSSR count). The number of rotatable bonds is 5. The van der Waals surface area contributed by atoms with Crippen molar-refractivity contribution in [2.24, 2.45) is 11.7 Å². The van der Waals surface area contributed by atoms with E-state index in [0.29, 0.717) is 25.1 Å². The number of nitrogens with zero attached hydrogens (tertiary/aromatic N) is 1. The molecule has 1 saturated heterocycles. The van der Waals surface area contributed by atoms with Crippen molar-refractivity contribution in [1.29, 1.82) is 0 Å². The fourth-order valence-corrected chi connectivity index (χ4v) is 4.48. The summed E-state index contributed by atoms with van der Waals surface area (Å²) < 4.78 is 0. The Morgan fingerprint density at radius 3 is 2.78 bits per heavy atom. The molecule has 2 N–H and O–H groups in total. The van der Waals surface area contributed by atoms with Crippen LogP contribution >= 0.6 is 23.1 Å². The maximum absolute atomic E-state index is 12.8. The molecule has 2 aromatic rings. The van der Waals surface area contributed by atoms with Crippen molar-refractivity contribution in [3.63, 3.8) is 0 Å². The molecule has 1 aromatic heterocycles. The van der Waals surface area contributed by atoms with Gasteiger partial charge in [0.05, 0.1) is 11.5 Å². The molecule has 23 heavy (non-hydrogen) atoms. The lowest BCUT2D eigenvalue weighted by Crippen LogP contribution is -2.32. The van der Waals surface area contributed by atoms with Crippen molar-refractivity contribution < 1.29 is 9.59 Å². The minimum absolute atomic E-state index is 0.0111. The van der Waals surface area contributed by atoms with E-state index in [1.807, 2.05) is 30.3 Å². The van der Waals surface area contributed by atoms with Crippen molar-refractivity contribution >= 4 is 34.9 Å². The summed E-state index contributed by atoms with van der Waals surface area (Å²) in [6.07, 6.45) is 0.658. The van der Waals surface area contributed by atoms with Gasteiger partial charge in [-0.1, -0.05) is 18.2 Å². The second-order valence-corrected chi connectivity index (χ2v) is 7.55. The van der Waals surface area contributed by atoms with E-state index < -0.39 is 0 Å². The lowest BCUT2D eigenvalue weighted by molar-refractivity contribution is -0.121. The van der Waals surface area contributed by atoms with E-state index in [9.17, 15) is 9.59 Å². The first kappa shape index (κ1) is 16.1. The molecule has 0 spiro atoms. The highest BCUT2D eigenvalue weighted by Crippen LogP contribution is 2.29. The lowest BCUT2D eigenvalue weighted by Gasteiger charge is -2.18. The topological polar surface area (TPSA) is 63.4 Å². The van der Waals surface area contributed by atoms with Gasteiger partial charge in [-0.05, 0) is 30.0 Å². The number of hydrogen-bond donors (Lipinski definition) is 1. The number of nitrogens with two attached hydrogens (primary N) is 1. The van der Waals surface area contributed by atoms with Gasteiger partial charge in [-0.2, -0.15) is 0 Å². The zero-order valence-electron chi connectivity index (χ0n) is 12.6. The van der Waals surface area contributed by atoms with Gasteiger partial charge in [0.25, 0.3) is 5.91 Å². The lowest BCUT2D eigenvalue weighted by atomic mass is 10.1. The van der Waals surface area contributed by atoms with E-state index in [2.05, 4.69) is 11.4 Å². The number of likely N-dealkylation sites (tertiary alicyclic amines) is 1. The molecule has 1 fully saturated rings. The standard InChI is InChI=1S/C17H18N2O2S2/c18-16(20)12-7-8-19(10-12)17(21)14-5-1-2-6-15(14)23-11-13-4-3-9-22-13/h1-6,9,12H,7-8,10-11H2,(H2,18,20)/t12-/m0/s1. The number of thiophene rings is 1. The molecule has 0 saturated carbocycles. The zero-order valence-corrected chi connectivity index (χ0v) is 14.2. The first-order valence-corrected chi connectivity index (χ1v) is 9.34. The average Bonchev–Trinajstić information content (AvgIpc) is 3.24. The number of hydrogen-bond acceptors (Lipinski definition) is 4. The van der Waals surface area contributed by atoms with Crippen LogP contribution in [0.2, 0.25) is 0 Å². The first-order valence-electron chi connectivity index (χ1n) is 7.48. The zero-order chi connectivity index (χ0) is 16.2. The average molecular weight is 346 g/mol. The van der Waals surface area contributed by atoms with Gasteiger partial charge in [0.1, 0.15) is 0 Å². The van der Waals surface area contributed by atoms with Crippen molar-refractivity contribution in [2.45, 2.75) is 17.1 Å². The fraction of sp³-hybridized carbons (Fsp3) is 0.294. The molecule has 2 heterocycles. The molecule has 0 unspecified atom stereocenters. The summed E-state index contributed by atoms with van der Waals surface area (Å²) in [4.78, 5) is 28.0. The molecule has 1 atom stereocenters. The summed E-state index contributed by atoms with van der Waals surface area (Å²) >= 11 is 3.39. The van der Waals surface area contributed by atoms with Crippen LogP contribution in [0.15, 0.2) is 46.7 Å². The number of thioether (sulfide) groups is 1. The molecule has 1 aliphatic rings. The number of amides is 2. The van der Waals surface area contributed by atoms with Crippen molar-refractivity contribution in [1.82, 2.24) is 4.90 Å². The van der Waals surface area contributed by atoms with Crippen LogP contribution in [-0.2, 0) is 10.5 Å². The molecule has 2 amide bonds. The molecule has 4 nitrogen and oxygen atoms in total. The Bertz CT molecular complexity index is 700. The highest BCUT2D eigenvalue weighted by molar-refractivity contribution is 7.98. The molecular formula is C17H18N2O2S2. The predicted octanol–water partition coefficient (Wildman–Crippen LogP) is 2.99. The van der Waals surface area contributed by atoms with Gasteiger partial charge in [-0.15, -0.1) is 23.1 Å². The number of carbonyl (C=O) groups is 2. The Morgan fingerprint density at radius 1 is 1.26 bits per heavy atom. The number of carbonyl (C=O) groups excluding carboxylic acids is 2. The molecule has 1 aromatic carbocycles. The second-order valence-electron chi connectivity index (χ2n) is 5.50. The van der Waals surface area contributed by atoms with Gasteiger partial charge in [0, 0.05) is 28.6 Å². The molecule has 1 aliphatic heterocycles. The second kappa shape index (κ2) is 7.19. The summed E-state index contributed by atoms with van der Waals surface area (Å²) in [5, 5.41) is 2.06. The summed E-state index contributed by atoms with van der Waals surface area (Å²) in [5.41, 5.74) is 6.06. The van der Waals surface area contributed by atoms with E-state index >= 15 is 0 Å². The van der Waals surface area contributed by atoms with Crippen LogP contribution < -0.4 is 5.73 Å². The van der Waals surface area contributed by atoms with Gasteiger partial charge in [-0.3, -0.25) is 9.59 Å². The highest BCUT2D eigenvalue weighted by atomic mass is 32.2. The van der Waals surface area contributed by atoms with Gasteiger partial charge in [0.2, 0.25) is 5.91 Å². The minimum Gasteiger partial charge on any atom is -0.369 e. The van der Waals surface area contributed by atoms with E-state index in [4.69, 9.17) is 5.73 Å². The summed E-state index contributed by atoms with van der Waals surface area (Å²) in [7, 11) is 0. The number of benzene rings is 1. The maximum Gasteiger partial charge on any atom is 0.255 e. The van der Waals surface area contributed by atoms with Crippen molar-refractivity contribution in [2.75, 3.05) is 13.1 Å². The predicted molar refractivity (Wildman–Crippen MR) is 93.5 cm³/mol. The molecular weight excluding hydrogens is 328 g/mol. The van der Waals surface area contributed by atoms with Crippen LogP contribution in [0.1, 0.15) is 21.7 Å². The maximum atomic E-state index is 12.8. The Hall–Kier alpha value is -1.79. The third-order valence-corrected chi connectivity index (χ3v) is 6.13. The Kier molecular flexibility index (Phi) is 5.03. The van der Waals surface area contributed by atoms with Crippen LogP contribution in [0, 0.1) is 5.92 Å². The Labute approximate surface area is 143 Å². The van der Waals surface area contributed by atoms with Gasteiger partial charge < -0.3 is 10.6 Å². The molecule has 6 heteroatoms. The Morgan fingerprint density at radius 2 is 2.09 bits per heavy atom. The largest absolute Gasteiger partial charge is 0.369 e. The van der Waals surface area contributed by atoms with E-state index in [0.717, 1.165) is 10.6 Å². The van der Waals surface area contributed by atoms with Crippen LogP contribution in [0.4, 0.5) is 0 Å². The molecule has 0 aliphatic carbocycles. The van der Waals surface area contributed by atoms with Gasteiger partial charge >= 0.3 is 0 Å². The van der Waals surface area contributed by atoms with Crippen LogP contribution in [-0.4, -0.2) is 29.8 Å². The van der Waals surface area contributed by atoms with Gasteiger partial charge in [0.15, 0.2) is 0 Å². The smallest absolute Gasteiger partial charge is 0.255 e. The highest BCUT2D eigenvalue weighted by Gasteiger charge is 2.30. The van der Waals surface area contributed by atoms with Gasteiger partial charge in [-0.25, -0.2) is 0 Å². The van der Waals surface area contributed by atoms with E-state index in [-0.39, 0.29) is 17.7 Å². The normalized spacial score (nSPS) is 17.4. The van der Waals surface area contributed by atoms with Crippen molar-refractivity contribution in [3.05, 3.63) is 52.2 Å².